The van der Waals surface area contributed by atoms with Gasteiger partial charge < -0.3 is 10.5 Å². The highest BCUT2D eigenvalue weighted by Gasteiger charge is 2.13. The van der Waals surface area contributed by atoms with E-state index in [0.29, 0.717) is 0 Å². The van der Waals surface area contributed by atoms with Crippen molar-refractivity contribution in [3.8, 4) is 17.7 Å². The number of hydrogen-bond donors (Lipinski definition) is 1. The van der Waals surface area contributed by atoms with Gasteiger partial charge in [-0.25, -0.2) is 9.37 Å². The number of aromatic nitrogens is 6. The second-order valence-electron chi connectivity index (χ2n) is 3.77. The van der Waals surface area contributed by atoms with Gasteiger partial charge in [-0.2, -0.15) is 29.1 Å². The minimum atomic E-state index is -1.15. The van der Waals surface area contributed by atoms with Crippen molar-refractivity contribution < 1.29 is 13.5 Å². The lowest BCUT2D eigenvalue weighted by atomic mass is 10.3. The number of rotatable bonds is 3. The van der Waals surface area contributed by atoms with Crippen molar-refractivity contribution in [3.63, 3.8) is 0 Å². The van der Waals surface area contributed by atoms with Crippen molar-refractivity contribution in [2.75, 3.05) is 5.73 Å². The first-order valence-corrected chi connectivity index (χ1v) is 5.62. The second kappa shape index (κ2) is 5.07. The summed E-state index contributed by atoms with van der Waals surface area (Å²) in [5.74, 6) is -2.70. The normalized spacial score (nSPS) is 10.6. The molecule has 3 rings (SSSR count). The quantitative estimate of drug-likeness (QED) is 0.770. The zero-order chi connectivity index (χ0) is 14.8. The standard InChI is InChI=1S/C11H7F2N7O/c12-6-2-1-3-7(8(6)13)21-11-18-9(14)17-10(19-11)20-5-15-4-16-20/h1-5H,(H2,14,17,18,19). The molecule has 2 N–H and O–H groups in total. The molecular weight excluding hydrogens is 284 g/mol. The minimum absolute atomic E-state index is 0.0341. The van der Waals surface area contributed by atoms with Crippen LogP contribution in [0.4, 0.5) is 14.7 Å². The molecule has 0 spiro atoms. The number of benzene rings is 1. The number of ether oxygens (including phenoxy) is 1. The summed E-state index contributed by atoms with van der Waals surface area (Å²) in [5.41, 5.74) is 5.52. The van der Waals surface area contributed by atoms with E-state index in [0.717, 1.165) is 6.07 Å². The van der Waals surface area contributed by atoms with E-state index in [9.17, 15) is 8.78 Å². The fourth-order valence-corrected chi connectivity index (χ4v) is 1.48. The monoisotopic (exact) mass is 291 g/mol. The summed E-state index contributed by atoms with van der Waals surface area (Å²) in [6.07, 6.45) is 2.61. The van der Waals surface area contributed by atoms with Gasteiger partial charge in [0.1, 0.15) is 12.7 Å². The first-order valence-electron chi connectivity index (χ1n) is 5.62. The molecule has 3 aromatic rings. The molecule has 106 valence electrons. The largest absolute Gasteiger partial charge is 0.421 e. The van der Waals surface area contributed by atoms with Crippen LogP contribution in [-0.2, 0) is 0 Å². The molecule has 2 aromatic heterocycles. The molecule has 0 atom stereocenters. The topological polar surface area (TPSA) is 105 Å². The average Bonchev–Trinajstić information content (AvgIpc) is 2.97. The molecular formula is C11H7F2N7O. The van der Waals surface area contributed by atoms with Crippen LogP contribution in [0.2, 0.25) is 0 Å². The molecule has 10 heteroatoms. The summed E-state index contributed by atoms with van der Waals surface area (Å²) in [5, 5.41) is 3.82. The Kier molecular flexibility index (Phi) is 3.10. The Labute approximate surface area is 116 Å². The van der Waals surface area contributed by atoms with Gasteiger partial charge in [0.05, 0.1) is 0 Å². The van der Waals surface area contributed by atoms with Crippen molar-refractivity contribution in [1.29, 1.82) is 0 Å². The molecule has 0 unspecified atom stereocenters. The molecule has 0 aliphatic heterocycles. The third-order valence-electron chi connectivity index (χ3n) is 2.36. The summed E-state index contributed by atoms with van der Waals surface area (Å²) in [6.45, 7) is 0. The van der Waals surface area contributed by atoms with Crippen molar-refractivity contribution in [2.45, 2.75) is 0 Å². The van der Waals surface area contributed by atoms with Gasteiger partial charge in [0.2, 0.25) is 11.8 Å². The lowest BCUT2D eigenvalue weighted by Gasteiger charge is -2.07. The van der Waals surface area contributed by atoms with E-state index < -0.39 is 11.6 Å². The Balaban J connectivity index is 1.98. The highest BCUT2D eigenvalue weighted by Crippen LogP contribution is 2.24. The summed E-state index contributed by atoms with van der Waals surface area (Å²) < 4.78 is 32.9. The lowest BCUT2D eigenvalue weighted by molar-refractivity contribution is 0.391. The van der Waals surface area contributed by atoms with Crippen LogP contribution < -0.4 is 10.5 Å². The molecule has 21 heavy (non-hydrogen) atoms. The van der Waals surface area contributed by atoms with Gasteiger partial charge in [-0.3, -0.25) is 0 Å². The van der Waals surface area contributed by atoms with E-state index in [2.05, 4.69) is 25.0 Å². The van der Waals surface area contributed by atoms with E-state index in [1.807, 2.05) is 0 Å². The maximum Gasteiger partial charge on any atom is 0.328 e. The molecule has 0 radical (unpaired) electrons. The predicted octanol–water partition coefficient (Wildman–Crippen LogP) is 1.10. The van der Waals surface area contributed by atoms with Crippen LogP contribution in [0.1, 0.15) is 0 Å². The molecule has 0 aliphatic rings. The maximum atomic E-state index is 13.5. The number of nitrogen functional groups attached to an aromatic ring is 1. The molecule has 0 bridgehead atoms. The number of anilines is 1. The predicted molar refractivity (Wildman–Crippen MR) is 65.6 cm³/mol. The van der Waals surface area contributed by atoms with Crippen LogP contribution >= 0.6 is 0 Å². The number of nitrogens with zero attached hydrogens (tertiary/aromatic N) is 6. The molecule has 0 saturated carbocycles. The number of halogens is 2. The third-order valence-corrected chi connectivity index (χ3v) is 2.36. The summed E-state index contributed by atoms with van der Waals surface area (Å²) in [4.78, 5) is 15.1. The zero-order valence-electron chi connectivity index (χ0n) is 10.3. The molecule has 0 amide bonds. The van der Waals surface area contributed by atoms with Gasteiger partial charge in [0.25, 0.3) is 5.95 Å². The van der Waals surface area contributed by atoms with Crippen LogP contribution in [-0.4, -0.2) is 29.7 Å². The van der Waals surface area contributed by atoms with Crippen molar-refractivity contribution >= 4 is 5.95 Å². The van der Waals surface area contributed by atoms with Gasteiger partial charge >= 0.3 is 6.01 Å². The highest BCUT2D eigenvalue weighted by atomic mass is 19.2. The third kappa shape index (κ3) is 2.59. The molecule has 0 saturated heterocycles. The fourth-order valence-electron chi connectivity index (χ4n) is 1.48. The highest BCUT2D eigenvalue weighted by molar-refractivity contribution is 5.30. The molecule has 0 aliphatic carbocycles. The minimum Gasteiger partial charge on any atom is -0.421 e. The maximum absolute atomic E-state index is 13.5. The second-order valence-corrected chi connectivity index (χ2v) is 3.77. The zero-order valence-corrected chi connectivity index (χ0v) is 10.3. The summed E-state index contributed by atoms with van der Waals surface area (Å²) in [7, 11) is 0. The Hall–Kier alpha value is -3.17. The van der Waals surface area contributed by atoms with E-state index >= 15 is 0 Å². The van der Waals surface area contributed by atoms with Crippen LogP contribution in [0.25, 0.3) is 5.95 Å². The van der Waals surface area contributed by atoms with E-state index in [4.69, 9.17) is 10.5 Å². The van der Waals surface area contributed by atoms with Crippen molar-refractivity contribution in [2.24, 2.45) is 0 Å². The molecule has 8 nitrogen and oxygen atoms in total. The average molecular weight is 291 g/mol. The Morgan fingerprint density at radius 1 is 1.14 bits per heavy atom. The van der Waals surface area contributed by atoms with Crippen molar-refractivity contribution in [3.05, 3.63) is 42.5 Å². The Morgan fingerprint density at radius 3 is 2.76 bits per heavy atom. The smallest absolute Gasteiger partial charge is 0.328 e. The van der Waals surface area contributed by atoms with Crippen molar-refractivity contribution in [1.82, 2.24) is 29.7 Å². The molecule has 0 fully saturated rings. The van der Waals surface area contributed by atoms with Crippen LogP contribution in [0.15, 0.2) is 30.9 Å². The summed E-state index contributed by atoms with van der Waals surface area (Å²) in [6, 6.07) is 3.19. The van der Waals surface area contributed by atoms with Gasteiger partial charge in [-0.1, -0.05) is 6.07 Å². The van der Waals surface area contributed by atoms with Gasteiger partial charge in [-0.15, -0.1) is 0 Å². The van der Waals surface area contributed by atoms with Gasteiger partial charge in [-0.05, 0) is 12.1 Å². The number of hydrogen-bond acceptors (Lipinski definition) is 7. The van der Waals surface area contributed by atoms with Gasteiger partial charge in [0, 0.05) is 0 Å². The van der Waals surface area contributed by atoms with Crippen LogP contribution in [0.5, 0.6) is 11.8 Å². The Bertz CT molecular complexity index is 778. The van der Waals surface area contributed by atoms with E-state index in [1.54, 1.807) is 0 Å². The first kappa shape index (κ1) is 12.8. The molecule has 2 heterocycles. The first-order chi connectivity index (χ1) is 10.1. The van der Waals surface area contributed by atoms with Crippen LogP contribution in [0, 0.1) is 11.6 Å². The molecule has 1 aromatic carbocycles. The van der Waals surface area contributed by atoms with E-state index in [1.165, 1.54) is 29.5 Å². The van der Waals surface area contributed by atoms with E-state index in [-0.39, 0.29) is 23.7 Å². The SMILES string of the molecule is Nc1nc(Oc2cccc(F)c2F)nc(-n2cncn2)n1. The van der Waals surface area contributed by atoms with Gasteiger partial charge in [0.15, 0.2) is 11.6 Å². The lowest BCUT2D eigenvalue weighted by Crippen LogP contribution is -2.08. The Morgan fingerprint density at radius 2 is 2.00 bits per heavy atom. The number of nitrogens with two attached hydrogens (primary N) is 1. The fraction of sp³-hybridized carbons (Fsp3) is 0. The summed E-state index contributed by atoms with van der Waals surface area (Å²) >= 11 is 0. The van der Waals surface area contributed by atoms with Crippen LogP contribution in [0.3, 0.4) is 0 Å².